The van der Waals surface area contributed by atoms with Crippen molar-refractivity contribution >= 4 is 17.9 Å². The number of morpholine rings is 1. The second kappa shape index (κ2) is 18.3. The van der Waals surface area contributed by atoms with Crippen LogP contribution in [-0.4, -0.2) is 85.7 Å². The van der Waals surface area contributed by atoms with Gasteiger partial charge >= 0.3 is 12.1 Å². The van der Waals surface area contributed by atoms with E-state index in [2.05, 4.69) is 38.3 Å². The molecule has 3 amide bonds. The zero-order valence-corrected chi connectivity index (χ0v) is 31.1. The lowest BCUT2D eigenvalue weighted by atomic mass is 9.75. The smallest absolute Gasteiger partial charge is 0.405 e. The van der Waals surface area contributed by atoms with Crippen LogP contribution in [0.15, 0.2) is 36.4 Å². The molecule has 0 aliphatic carbocycles. The first-order chi connectivity index (χ1) is 23.3. The van der Waals surface area contributed by atoms with Crippen molar-refractivity contribution in [1.82, 2.24) is 15.5 Å². The molecule has 11 nitrogen and oxygen atoms in total. The molecule has 2 atom stereocenters. The summed E-state index contributed by atoms with van der Waals surface area (Å²) in [5, 5.41) is 13.9. The number of amides is 3. The Kier molecular flexibility index (Phi) is 15.5. The molecule has 0 aromatic heterocycles. The molecule has 0 bridgehead atoms. The molecule has 3 rings (SSSR count). The van der Waals surface area contributed by atoms with Gasteiger partial charge in [-0.1, -0.05) is 46.6 Å². The molecule has 1 fully saturated rings. The molecule has 2 unspecified atom stereocenters. The zero-order valence-electron chi connectivity index (χ0n) is 31.1. The number of carbonyl (C=O) groups is 3. The fourth-order valence-electron chi connectivity index (χ4n) is 6.15. The van der Waals surface area contributed by atoms with Gasteiger partial charge in [0, 0.05) is 24.2 Å². The molecule has 0 spiro atoms. The highest BCUT2D eigenvalue weighted by molar-refractivity contribution is 5.97. The first-order valence-electron chi connectivity index (χ1n) is 16.8. The maximum Gasteiger partial charge on any atom is 0.405 e. The highest BCUT2D eigenvalue weighted by Crippen LogP contribution is 2.44. The number of ether oxygens (including phenoxy) is 4. The standard InChI is InChI=1S/C23H37FN2O3.C14H18FNO5/c1-8-9-10-13-25-21(27)26-19(17-12-11-16(28-7)14-18(17)24)15-29-20(22(2,3)4)23(26,5)6;1-14(2,16-13(18)19)8-21-7-12(17)10-5-4-9(20-3)6-11(10)15/h11-12,14,19-20H,8-10,13,15H2,1-7H3,(H,25,27);4-6,16H,7-8H2,1-3H3,(H,18,19). The normalized spacial score (nSPS) is 17.2. The van der Waals surface area contributed by atoms with E-state index in [9.17, 15) is 23.2 Å². The van der Waals surface area contributed by atoms with Gasteiger partial charge in [-0.15, -0.1) is 0 Å². The number of carbonyl (C=O) groups excluding carboxylic acids is 2. The maximum absolute atomic E-state index is 14.9. The number of methoxy groups -OCH3 is 2. The highest BCUT2D eigenvalue weighted by Gasteiger charge is 2.51. The van der Waals surface area contributed by atoms with Crippen LogP contribution in [0.4, 0.5) is 18.4 Å². The summed E-state index contributed by atoms with van der Waals surface area (Å²) in [6.45, 7) is 16.2. The van der Waals surface area contributed by atoms with Crippen LogP contribution in [0.5, 0.6) is 11.5 Å². The van der Waals surface area contributed by atoms with Crippen molar-refractivity contribution in [2.45, 2.75) is 97.9 Å². The number of nitrogens with zero attached hydrogens (tertiary/aromatic N) is 1. The molecule has 2 aromatic rings. The van der Waals surface area contributed by atoms with Crippen molar-refractivity contribution < 1.29 is 47.2 Å². The minimum atomic E-state index is -1.18. The van der Waals surface area contributed by atoms with Crippen LogP contribution in [0.2, 0.25) is 0 Å². The first-order valence-corrected chi connectivity index (χ1v) is 16.8. The third-order valence-electron chi connectivity index (χ3n) is 8.24. The molecule has 2 aromatic carbocycles. The van der Waals surface area contributed by atoms with E-state index in [0.717, 1.165) is 25.3 Å². The van der Waals surface area contributed by atoms with Crippen molar-refractivity contribution in [2.24, 2.45) is 5.41 Å². The predicted molar refractivity (Wildman–Crippen MR) is 187 cm³/mol. The Hall–Kier alpha value is -3.97. The number of halogens is 2. The highest BCUT2D eigenvalue weighted by atomic mass is 19.1. The van der Waals surface area contributed by atoms with E-state index in [-0.39, 0.29) is 42.9 Å². The maximum atomic E-state index is 14.9. The van der Waals surface area contributed by atoms with Crippen LogP contribution in [0.1, 0.15) is 96.6 Å². The Morgan fingerprint density at radius 2 is 1.58 bits per heavy atom. The second-order valence-electron chi connectivity index (χ2n) is 14.5. The Bertz CT molecular complexity index is 1440. The molecule has 280 valence electrons. The van der Waals surface area contributed by atoms with Gasteiger partial charge in [-0.05, 0) is 57.7 Å². The Morgan fingerprint density at radius 1 is 0.980 bits per heavy atom. The lowest BCUT2D eigenvalue weighted by Crippen LogP contribution is -2.66. The van der Waals surface area contributed by atoms with E-state index in [1.165, 1.54) is 32.4 Å². The van der Waals surface area contributed by atoms with Crippen molar-refractivity contribution in [2.75, 3.05) is 40.6 Å². The third-order valence-corrected chi connectivity index (χ3v) is 8.24. The fourth-order valence-corrected chi connectivity index (χ4v) is 6.15. The van der Waals surface area contributed by atoms with Crippen LogP contribution < -0.4 is 20.1 Å². The number of hydrogen-bond acceptors (Lipinski definition) is 7. The number of benzene rings is 2. The van der Waals surface area contributed by atoms with E-state index >= 15 is 0 Å². The van der Waals surface area contributed by atoms with Gasteiger partial charge in [0.15, 0.2) is 5.78 Å². The lowest BCUT2D eigenvalue weighted by Gasteiger charge is -2.55. The second-order valence-corrected chi connectivity index (χ2v) is 14.5. The number of unbranched alkanes of at least 4 members (excludes halogenated alkanes) is 2. The molecule has 3 N–H and O–H groups in total. The topological polar surface area (TPSA) is 136 Å². The minimum absolute atomic E-state index is 0.0111. The van der Waals surface area contributed by atoms with Crippen molar-refractivity contribution in [3.63, 3.8) is 0 Å². The molecule has 0 saturated carbocycles. The minimum Gasteiger partial charge on any atom is -0.497 e. The summed E-state index contributed by atoms with van der Waals surface area (Å²) in [5.41, 5.74) is -1.30. The number of hydrogen-bond donors (Lipinski definition) is 3. The summed E-state index contributed by atoms with van der Waals surface area (Å²) in [6.07, 6.45) is 1.71. The SMILES string of the molecule is CCCCCNC(=O)N1C(c2ccc(OC)cc2F)COC(C(C)(C)C)C1(C)C.COc1ccc(C(=O)COCC(C)(C)NC(=O)O)c(F)c1. The summed E-state index contributed by atoms with van der Waals surface area (Å²) in [6, 6.07) is 7.99. The van der Waals surface area contributed by atoms with Crippen molar-refractivity contribution in [3.05, 3.63) is 59.2 Å². The van der Waals surface area contributed by atoms with Crippen LogP contribution in [-0.2, 0) is 9.47 Å². The molecular formula is C37H55F2N3O8. The Morgan fingerprint density at radius 3 is 2.10 bits per heavy atom. The van der Waals surface area contributed by atoms with Gasteiger partial charge in [0.1, 0.15) is 29.7 Å². The third kappa shape index (κ3) is 11.8. The molecule has 0 radical (unpaired) electrons. The van der Waals surface area contributed by atoms with Gasteiger partial charge in [0.05, 0.1) is 56.2 Å². The Labute approximate surface area is 295 Å². The number of carboxylic acid groups (broad SMARTS) is 1. The molecule has 1 aliphatic heterocycles. The average Bonchev–Trinajstić information content (AvgIpc) is 3.01. The first kappa shape index (κ1) is 42.2. The molecule has 1 saturated heterocycles. The number of urea groups is 1. The summed E-state index contributed by atoms with van der Waals surface area (Å²) >= 11 is 0. The summed E-state index contributed by atoms with van der Waals surface area (Å²) in [7, 11) is 2.90. The summed E-state index contributed by atoms with van der Waals surface area (Å²) < 4.78 is 49.9. The number of nitrogens with one attached hydrogen (secondary N) is 2. The van der Waals surface area contributed by atoms with Gasteiger partial charge in [-0.2, -0.15) is 0 Å². The van der Waals surface area contributed by atoms with Gasteiger partial charge in [-0.3, -0.25) is 4.79 Å². The molecule has 1 heterocycles. The molecule has 13 heteroatoms. The van der Waals surface area contributed by atoms with Crippen LogP contribution in [0.25, 0.3) is 0 Å². The van der Waals surface area contributed by atoms with Gasteiger partial charge in [0.25, 0.3) is 0 Å². The van der Waals surface area contributed by atoms with Crippen LogP contribution >= 0.6 is 0 Å². The van der Waals surface area contributed by atoms with E-state index in [1.54, 1.807) is 30.9 Å². The van der Waals surface area contributed by atoms with Gasteiger partial charge in [-0.25, -0.2) is 18.4 Å². The number of rotatable bonds is 13. The van der Waals surface area contributed by atoms with E-state index in [0.29, 0.717) is 23.6 Å². The van der Waals surface area contributed by atoms with Crippen LogP contribution in [0, 0.1) is 17.0 Å². The molecular weight excluding hydrogens is 652 g/mol. The zero-order chi connectivity index (χ0) is 37.9. The average molecular weight is 708 g/mol. The van der Waals surface area contributed by atoms with E-state index in [4.69, 9.17) is 24.1 Å². The van der Waals surface area contributed by atoms with Crippen molar-refractivity contribution in [3.8, 4) is 11.5 Å². The largest absolute Gasteiger partial charge is 0.497 e. The quantitative estimate of drug-likeness (QED) is 0.145. The fraction of sp³-hybridized carbons (Fsp3) is 0.595. The van der Waals surface area contributed by atoms with Crippen molar-refractivity contribution in [1.29, 1.82) is 0 Å². The van der Waals surface area contributed by atoms with Gasteiger partial charge < -0.3 is 39.6 Å². The number of ketones is 1. The summed E-state index contributed by atoms with van der Waals surface area (Å²) in [5.74, 6) is -0.846. The molecule has 50 heavy (non-hydrogen) atoms. The van der Waals surface area contributed by atoms with E-state index in [1.807, 2.05) is 13.8 Å². The van der Waals surface area contributed by atoms with E-state index < -0.39 is 40.6 Å². The Balaban J connectivity index is 0.000000366. The number of Topliss-reactive ketones (excluding diaryl/α,β-unsaturated/α-hetero) is 1. The summed E-state index contributed by atoms with van der Waals surface area (Å²) in [4.78, 5) is 37.4. The molecule has 1 aliphatic rings. The monoisotopic (exact) mass is 707 g/mol. The van der Waals surface area contributed by atoms with Gasteiger partial charge in [0.2, 0.25) is 0 Å². The predicted octanol–water partition coefficient (Wildman–Crippen LogP) is 7.38. The van der Waals surface area contributed by atoms with Crippen LogP contribution in [0.3, 0.4) is 0 Å². The lowest BCUT2D eigenvalue weighted by molar-refractivity contribution is -0.162.